The summed E-state index contributed by atoms with van der Waals surface area (Å²) in [5, 5.41) is 27.5. The van der Waals surface area contributed by atoms with E-state index in [4.69, 9.17) is 14.9 Å². The Morgan fingerprint density at radius 3 is 1.45 bits per heavy atom. The lowest BCUT2D eigenvalue weighted by atomic mass is 9.77. The Balaban J connectivity index is 0.771. The molecular weight excluding hydrogens is 1230 g/mol. The third kappa shape index (κ3) is 12.9. The minimum atomic E-state index is -4.24. The first-order chi connectivity index (χ1) is 44.2. The van der Waals surface area contributed by atoms with E-state index in [2.05, 4.69) is 61.9 Å². The van der Waals surface area contributed by atoms with Crippen molar-refractivity contribution < 1.29 is 35.1 Å². The minimum absolute atomic E-state index is 0.0128. The fourth-order valence-electron chi connectivity index (χ4n) is 11.9. The molecule has 476 valence electrons. The Morgan fingerprint density at radius 2 is 0.946 bits per heavy atom. The quantitative estimate of drug-likeness (QED) is 0.0492. The van der Waals surface area contributed by atoms with Gasteiger partial charge in [-0.1, -0.05) is 83.1 Å². The summed E-state index contributed by atoms with van der Waals surface area (Å²) in [5.41, 5.74) is 5.81. The zero-order valence-corrected chi connectivity index (χ0v) is 55.2. The van der Waals surface area contributed by atoms with E-state index in [1.165, 1.54) is 16.8 Å². The van der Waals surface area contributed by atoms with E-state index in [0.717, 1.165) is 27.3 Å². The van der Waals surface area contributed by atoms with Crippen LogP contribution in [-0.4, -0.2) is 81.8 Å². The minimum Gasteiger partial charge on any atom is -0.494 e. The molecule has 20 nitrogen and oxygen atoms in total. The first kappa shape index (κ1) is 63.3. The molecule has 0 spiro atoms. The average Bonchev–Trinajstić information content (AvgIpc) is 1.73. The number of sulfonamides is 3. The number of fused-ring (bicyclic) bond motifs is 3. The molecule has 0 aliphatic carbocycles. The van der Waals surface area contributed by atoms with E-state index >= 15 is 0 Å². The van der Waals surface area contributed by atoms with Crippen molar-refractivity contribution in [2.24, 2.45) is 0 Å². The first-order valence-corrected chi connectivity index (χ1v) is 34.6. The van der Waals surface area contributed by atoms with Crippen LogP contribution >= 0.6 is 0 Å². The van der Waals surface area contributed by atoms with Gasteiger partial charge in [-0.3, -0.25) is 29.1 Å². The third-order valence-electron chi connectivity index (χ3n) is 17.0. The summed E-state index contributed by atoms with van der Waals surface area (Å²) in [7, 11) is -10.9. The zero-order valence-electron chi connectivity index (χ0n) is 52.7. The van der Waals surface area contributed by atoms with E-state index in [9.17, 15) is 30.4 Å². The smallest absolute Gasteiger partial charge is 0.263 e. The summed E-state index contributed by atoms with van der Waals surface area (Å²) in [6.45, 7) is 15.3. The molecule has 1 atom stereocenters. The number of hydrogen-bond donors (Lipinski definition) is 4. The molecule has 23 heteroatoms. The molecule has 4 N–H and O–H groups in total. The summed E-state index contributed by atoms with van der Waals surface area (Å²) in [5.74, 6) is 0.915. The first-order valence-electron chi connectivity index (χ1n) is 30.2. The highest BCUT2D eigenvalue weighted by Crippen LogP contribution is 2.39. The van der Waals surface area contributed by atoms with Gasteiger partial charge in [-0.25, -0.2) is 39.3 Å². The molecule has 6 aromatic carbocycles. The summed E-state index contributed by atoms with van der Waals surface area (Å²) in [6.07, 6.45) is 6.59. The topological polar surface area (TPSA) is 260 Å². The zero-order chi connectivity index (χ0) is 65.8. The molecule has 0 saturated heterocycles. The summed E-state index contributed by atoms with van der Waals surface area (Å²) >= 11 is 0. The van der Waals surface area contributed by atoms with Crippen molar-refractivity contribution in [2.45, 2.75) is 112 Å². The molecular formula is C70H70N12O8S3. The number of anilines is 3. The Kier molecular flexibility index (Phi) is 16.6. The molecule has 93 heavy (non-hydrogen) atoms. The number of nitrogens with zero attached hydrogens (tertiary/aromatic N) is 9. The normalized spacial score (nSPS) is 13.0. The lowest BCUT2D eigenvalue weighted by Crippen LogP contribution is -2.21. The van der Waals surface area contributed by atoms with E-state index in [-0.39, 0.29) is 38.1 Å². The van der Waals surface area contributed by atoms with Gasteiger partial charge in [0.25, 0.3) is 30.1 Å². The van der Waals surface area contributed by atoms with Gasteiger partial charge in [-0.2, -0.15) is 15.3 Å². The molecule has 0 bridgehead atoms. The molecule has 0 aliphatic rings. The van der Waals surface area contributed by atoms with Crippen LogP contribution in [0.5, 0.6) is 5.75 Å². The number of rotatable bonds is 22. The van der Waals surface area contributed by atoms with Gasteiger partial charge in [0.1, 0.15) is 28.9 Å². The lowest BCUT2D eigenvalue weighted by Gasteiger charge is -2.28. The van der Waals surface area contributed by atoms with Gasteiger partial charge in [0.15, 0.2) is 0 Å². The number of pyridine rings is 3. The molecule has 0 amide bonds. The van der Waals surface area contributed by atoms with Crippen LogP contribution in [0.25, 0.3) is 49.8 Å². The maximum atomic E-state index is 14.7. The van der Waals surface area contributed by atoms with Crippen LogP contribution in [0.2, 0.25) is 0 Å². The number of aryl methyl sites for hydroxylation is 2. The highest BCUT2D eigenvalue weighted by Gasteiger charge is 2.31. The van der Waals surface area contributed by atoms with Gasteiger partial charge in [0, 0.05) is 58.9 Å². The number of aromatic nitrogens is 9. The molecule has 12 aromatic rings. The number of nitrogens with one attached hydrogen (secondary N) is 3. The molecule has 1 unspecified atom stereocenters. The summed E-state index contributed by atoms with van der Waals surface area (Å²) in [4.78, 5) is 13.7. The largest absolute Gasteiger partial charge is 0.494 e. The number of ether oxygens (including phenoxy) is 1. The van der Waals surface area contributed by atoms with E-state index in [1.54, 1.807) is 135 Å². The van der Waals surface area contributed by atoms with Gasteiger partial charge >= 0.3 is 0 Å². The molecule has 0 saturated carbocycles. The van der Waals surface area contributed by atoms with Crippen molar-refractivity contribution >= 4 is 80.2 Å². The Morgan fingerprint density at radius 1 is 0.495 bits per heavy atom. The molecule has 0 radical (unpaired) electrons. The average molecular weight is 1300 g/mol. The third-order valence-corrected chi connectivity index (χ3v) is 21.1. The molecule has 0 aliphatic heterocycles. The van der Waals surface area contributed by atoms with Crippen LogP contribution in [0.4, 0.5) is 17.5 Å². The SMILES string of the molecule is COc1ccc2ncccc2c1-n1nc(C)cc1NS(=O)(=O)c1ccc(C(C)(C)CC(C)c2cc(NS(=O)(=O)c3ccc(C(C)(C)CCc4cc(NS(=O)(=O)c5ccc(C(C)(C)O)cc5)n(-c5cccc6ncccc56)n4)cc3)n(-c3cccc4ncccc34)n2)cc1. The van der Waals surface area contributed by atoms with Crippen molar-refractivity contribution in [3.63, 3.8) is 0 Å². The number of benzene rings is 6. The fourth-order valence-corrected chi connectivity index (χ4v) is 15.0. The van der Waals surface area contributed by atoms with E-state index < -0.39 is 46.5 Å². The van der Waals surface area contributed by atoms with Crippen LogP contribution < -0.4 is 18.9 Å². The van der Waals surface area contributed by atoms with Gasteiger partial charge in [-0.05, 0) is 177 Å². The van der Waals surface area contributed by atoms with Crippen LogP contribution in [0.15, 0.2) is 209 Å². The number of hydrogen-bond acceptors (Lipinski definition) is 14. The second-order valence-electron chi connectivity index (χ2n) is 25.1. The monoisotopic (exact) mass is 1300 g/mol. The van der Waals surface area contributed by atoms with Crippen molar-refractivity contribution in [3.05, 3.63) is 228 Å². The maximum Gasteiger partial charge on any atom is 0.263 e. The fraction of sp³-hybridized carbons (Fsp3) is 0.229. The Bertz CT molecular complexity index is 5150. The summed E-state index contributed by atoms with van der Waals surface area (Å²) < 4.78 is 104. The molecule has 6 heterocycles. The van der Waals surface area contributed by atoms with Gasteiger partial charge < -0.3 is 9.84 Å². The van der Waals surface area contributed by atoms with Crippen molar-refractivity contribution in [3.8, 4) is 22.8 Å². The Labute approximate surface area is 540 Å². The number of aliphatic hydroxyl groups is 1. The highest BCUT2D eigenvalue weighted by molar-refractivity contribution is 7.93. The predicted octanol–water partition coefficient (Wildman–Crippen LogP) is 13.2. The van der Waals surface area contributed by atoms with Gasteiger partial charge in [0.05, 0.1) is 72.4 Å². The maximum absolute atomic E-state index is 14.7. The van der Waals surface area contributed by atoms with E-state index in [1.807, 2.05) is 91.9 Å². The molecule has 0 fully saturated rings. The van der Waals surface area contributed by atoms with Crippen molar-refractivity contribution in [2.75, 3.05) is 21.3 Å². The molecule has 12 rings (SSSR count). The van der Waals surface area contributed by atoms with Gasteiger partial charge in [-0.15, -0.1) is 0 Å². The highest BCUT2D eigenvalue weighted by atomic mass is 32.2. The van der Waals surface area contributed by atoms with Crippen LogP contribution in [0.1, 0.15) is 101 Å². The predicted molar refractivity (Wildman–Crippen MR) is 362 cm³/mol. The van der Waals surface area contributed by atoms with Crippen molar-refractivity contribution in [1.82, 2.24) is 44.3 Å². The lowest BCUT2D eigenvalue weighted by molar-refractivity contribution is 0.0785. The second kappa shape index (κ2) is 24.3. The van der Waals surface area contributed by atoms with Crippen LogP contribution in [-0.2, 0) is 52.9 Å². The Hall–Kier alpha value is -9.81. The number of methoxy groups -OCH3 is 1. The van der Waals surface area contributed by atoms with E-state index in [0.29, 0.717) is 81.3 Å². The second-order valence-corrected chi connectivity index (χ2v) is 30.1. The van der Waals surface area contributed by atoms with Crippen LogP contribution in [0.3, 0.4) is 0 Å². The van der Waals surface area contributed by atoms with Crippen LogP contribution in [0, 0.1) is 6.92 Å². The standard InChI is InChI=1S/C70H70N12O8S3/c1-45(44-69(5,6)48-24-30-52(31-25-48)91(84,85)77-64-41-46(2)74-82(64)67-56-17-14-40-73-59(56)34-35-63(67)90-9)60-43-66(81(76-60)62-21-11-19-58-55(62)16-13-39-72-58)79-93(88,89)51-28-22-47(23-29-51)68(3,4)37-36-50-42-65(78-92(86,87)53-32-26-49(27-33-53)70(7,8)83)80(75-50)61-20-10-18-57-54(61)15-12-38-71-57/h10-35,38-43,45,77-79,83H,36-37,44H2,1-9H3. The van der Waals surface area contributed by atoms with Crippen molar-refractivity contribution in [1.29, 1.82) is 0 Å². The van der Waals surface area contributed by atoms with Gasteiger partial charge in [0.2, 0.25) is 0 Å². The molecule has 6 aromatic heterocycles. The summed E-state index contributed by atoms with van der Waals surface area (Å²) in [6, 6.07) is 50.7.